The summed E-state index contributed by atoms with van der Waals surface area (Å²) in [5.74, 6) is -1.55. The van der Waals surface area contributed by atoms with Gasteiger partial charge in [-0.15, -0.1) is 0 Å². The van der Waals surface area contributed by atoms with Crippen molar-refractivity contribution in [1.82, 2.24) is 10.6 Å². The van der Waals surface area contributed by atoms with Crippen LogP contribution in [-0.4, -0.2) is 42.3 Å². The lowest BCUT2D eigenvalue weighted by Gasteiger charge is -2.23. The van der Waals surface area contributed by atoms with Crippen LogP contribution in [-0.2, 0) is 14.3 Å². The number of carbonyl (C=O) groups excluding carboxylic acids is 2. The van der Waals surface area contributed by atoms with E-state index in [0.717, 1.165) is 19.3 Å². The molecule has 7 heteroatoms. The van der Waals surface area contributed by atoms with Crippen molar-refractivity contribution in [3.8, 4) is 11.1 Å². The normalized spacial score (nSPS) is 25.0. The quantitative estimate of drug-likeness (QED) is 0.517. The maximum absolute atomic E-state index is 12.7. The van der Waals surface area contributed by atoms with Crippen molar-refractivity contribution in [3.63, 3.8) is 0 Å². The van der Waals surface area contributed by atoms with Crippen molar-refractivity contribution in [1.29, 1.82) is 0 Å². The number of aliphatic carboxylic acids is 1. The van der Waals surface area contributed by atoms with Crippen molar-refractivity contribution in [2.75, 3.05) is 13.2 Å². The van der Waals surface area contributed by atoms with Gasteiger partial charge in [0.05, 0.1) is 5.92 Å². The average Bonchev–Trinajstić information content (AvgIpc) is 3.62. The fraction of sp³-hybridized carbons (Fsp3) is 0.464. The minimum absolute atomic E-state index is 0.00866. The van der Waals surface area contributed by atoms with Crippen LogP contribution in [0.25, 0.3) is 11.1 Å². The maximum atomic E-state index is 12.7. The third-order valence-electron chi connectivity index (χ3n) is 7.77. The molecule has 184 valence electrons. The number of amides is 2. The summed E-state index contributed by atoms with van der Waals surface area (Å²) in [7, 11) is 0. The summed E-state index contributed by atoms with van der Waals surface area (Å²) >= 11 is 0. The third kappa shape index (κ3) is 5.04. The number of nitrogens with one attached hydrogen (secondary N) is 2. The van der Waals surface area contributed by atoms with Gasteiger partial charge < -0.3 is 20.5 Å². The molecule has 2 fully saturated rings. The van der Waals surface area contributed by atoms with Crippen molar-refractivity contribution in [2.24, 2.45) is 17.8 Å². The number of fused-ring (bicyclic) bond motifs is 3. The molecule has 3 aliphatic rings. The van der Waals surface area contributed by atoms with Gasteiger partial charge in [0.1, 0.15) is 6.61 Å². The molecular weight excluding hydrogens is 444 g/mol. The molecule has 5 rings (SSSR count). The lowest BCUT2D eigenvalue weighted by Crippen LogP contribution is -2.43. The Kier molecular flexibility index (Phi) is 6.75. The first-order chi connectivity index (χ1) is 17.0. The zero-order valence-corrected chi connectivity index (χ0v) is 19.7. The van der Waals surface area contributed by atoms with E-state index in [1.807, 2.05) is 24.3 Å². The molecule has 0 aliphatic heterocycles. The van der Waals surface area contributed by atoms with Crippen LogP contribution in [0.15, 0.2) is 48.5 Å². The lowest BCUT2D eigenvalue weighted by molar-refractivity contribution is -0.143. The second-order valence-corrected chi connectivity index (χ2v) is 10.0. The Labute approximate surface area is 205 Å². The van der Waals surface area contributed by atoms with Crippen LogP contribution in [0.2, 0.25) is 0 Å². The van der Waals surface area contributed by atoms with E-state index < -0.39 is 18.0 Å². The molecule has 3 aliphatic carbocycles. The monoisotopic (exact) mass is 476 g/mol. The molecule has 35 heavy (non-hydrogen) atoms. The SMILES string of the molecule is O=C(NCC1CC1C(=O)NC1CCCCCC1C(=O)O)OCC1c2ccccc2-c2ccccc21. The highest BCUT2D eigenvalue weighted by molar-refractivity contribution is 5.83. The third-order valence-corrected chi connectivity index (χ3v) is 7.77. The summed E-state index contributed by atoms with van der Waals surface area (Å²) in [5.41, 5.74) is 4.70. The largest absolute Gasteiger partial charge is 0.481 e. The van der Waals surface area contributed by atoms with Gasteiger partial charge in [-0.05, 0) is 47.4 Å². The van der Waals surface area contributed by atoms with Gasteiger partial charge in [-0.3, -0.25) is 9.59 Å². The molecule has 0 heterocycles. The van der Waals surface area contributed by atoms with Gasteiger partial charge in [0, 0.05) is 24.4 Å². The highest BCUT2D eigenvalue weighted by Gasteiger charge is 2.44. The molecular formula is C28H32N2O5. The number of carboxylic acids is 1. The van der Waals surface area contributed by atoms with Crippen LogP contribution in [0.5, 0.6) is 0 Å². The second kappa shape index (κ2) is 10.1. The van der Waals surface area contributed by atoms with Crippen molar-refractivity contribution in [3.05, 3.63) is 59.7 Å². The standard InChI is InChI=1S/C28H32N2O5/c31-26(30-25-13-3-1-2-12-22(25)27(32)33)23-14-17(23)15-29-28(34)35-16-24-20-10-6-4-8-18(20)19-9-5-7-11-21(19)24/h4-11,17,22-25H,1-3,12-16H2,(H,29,34)(H,30,31)(H,32,33). The highest BCUT2D eigenvalue weighted by Crippen LogP contribution is 2.44. The number of benzene rings is 2. The number of rotatable bonds is 7. The topological polar surface area (TPSA) is 105 Å². The van der Waals surface area contributed by atoms with E-state index in [2.05, 4.69) is 34.9 Å². The zero-order valence-electron chi connectivity index (χ0n) is 19.7. The van der Waals surface area contributed by atoms with Gasteiger partial charge in [0.2, 0.25) is 5.91 Å². The number of hydrogen-bond acceptors (Lipinski definition) is 4. The van der Waals surface area contributed by atoms with Gasteiger partial charge >= 0.3 is 12.1 Å². The van der Waals surface area contributed by atoms with E-state index >= 15 is 0 Å². The molecule has 0 aromatic heterocycles. The average molecular weight is 477 g/mol. The van der Waals surface area contributed by atoms with Crippen LogP contribution < -0.4 is 10.6 Å². The Morgan fingerprint density at radius 2 is 1.54 bits per heavy atom. The number of carboxylic acid groups (broad SMARTS) is 1. The van der Waals surface area contributed by atoms with Crippen molar-refractivity contribution >= 4 is 18.0 Å². The molecule has 2 saturated carbocycles. The number of carbonyl (C=O) groups is 3. The Balaban J connectivity index is 1.09. The van der Waals surface area contributed by atoms with E-state index in [1.165, 1.54) is 22.3 Å². The van der Waals surface area contributed by atoms with Gasteiger partial charge in [-0.1, -0.05) is 67.8 Å². The van der Waals surface area contributed by atoms with Crippen LogP contribution in [0.3, 0.4) is 0 Å². The van der Waals surface area contributed by atoms with Gasteiger partial charge in [-0.2, -0.15) is 0 Å². The second-order valence-electron chi connectivity index (χ2n) is 10.0. The Morgan fingerprint density at radius 1 is 0.886 bits per heavy atom. The first-order valence-electron chi connectivity index (χ1n) is 12.6. The maximum Gasteiger partial charge on any atom is 0.407 e. The molecule has 0 radical (unpaired) electrons. The van der Waals surface area contributed by atoms with Crippen molar-refractivity contribution in [2.45, 2.75) is 50.5 Å². The lowest BCUT2D eigenvalue weighted by atomic mass is 9.94. The summed E-state index contributed by atoms with van der Waals surface area (Å²) < 4.78 is 5.57. The van der Waals surface area contributed by atoms with E-state index in [-0.39, 0.29) is 36.3 Å². The molecule has 0 spiro atoms. The Bertz CT molecular complexity index is 1070. The molecule has 2 aromatic rings. The summed E-state index contributed by atoms with van der Waals surface area (Å²) in [5, 5.41) is 15.3. The Morgan fingerprint density at radius 3 is 2.23 bits per heavy atom. The fourth-order valence-electron chi connectivity index (χ4n) is 5.72. The molecule has 4 atom stereocenters. The first-order valence-corrected chi connectivity index (χ1v) is 12.6. The van der Waals surface area contributed by atoms with Crippen molar-refractivity contribution < 1.29 is 24.2 Å². The smallest absolute Gasteiger partial charge is 0.407 e. The fourth-order valence-corrected chi connectivity index (χ4v) is 5.72. The molecule has 4 unspecified atom stereocenters. The van der Waals surface area contributed by atoms with Crippen LogP contribution in [0.4, 0.5) is 4.79 Å². The molecule has 3 N–H and O–H groups in total. The Hall–Kier alpha value is -3.35. The summed E-state index contributed by atoms with van der Waals surface area (Å²) in [6.07, 6.45) is 4.36. The van der Waals surface area contributed by atoms with E-state index in [1.54, 1.807) is 0 Å². The van der Waals surface area contributed by atoms with E-state index in [9.17, 15) is 19.5 Å². The zero-order chi connectivity index (χ0) is 24.4. The van der Waals surface area contributed by atoms with Crippen LogP contribution in [0.1, 0.15) is 55.6 Å². The van der Waals surface area contributed by atoms with E-state index in [4.69, 9.17) is 4.74 Å². The molecule has 0 saturated heterocycles. The molecule has 2 amide bonds. The van der Waals surface area contributed by atoms with Crippen LogP contribution >= 0.6 is 0 Å². The highest BCUT2D eigenvalue weighted by atomic mass is 16.5. The van der Waals surface area contributed by atoms with Gasteiger partial charge in [0.15, 0.2) is 0 Å². The summed E-state index contributed by atoms with van der Waals surface area (Å²) in [4.78, 5) is 36.7. The predicted octanol–water partition coefficient (Wildman–Crippen LogP) is 4.31. The molecule has 2 aromatic carbocycles. The van der Waals surface area contributed by atoms with Crippen LogP contribution in [0, 0.1) is 17.8 Å². The summed E-state index contributed by atoms with van der Waals surface area (Å²) in [6.45, 7) is 0.633. The minimum atomic E-state index is -0.832. The van der Waals surface area contributed by atoms with Gasteiger partial charge in [-0.25, -0.2) is 4.79 Å². The molecule has 7 nitrogen and oxygen atoms in total. The predicted molar refractivity (Wildman–Crippen MR) is 131 cm³/mol. The summed E-state index contributed by atoms with van der Waals surface area (Å²) in [6, 6.07) is 16.1. The first kappa shape index (κ1) is 23.4. The minimum Gasteiger partial charge on any atom is -0.481 e. The number of hydrogen-bond donors (Lipinski definition) is 3. The van der Waals surface area contributed by atoms with Gasteiger partial charge in [0.25, 0.3) is 0 Å². The number of ether oxygens (including phenoxy) is 1. The number of alkyl carbamates (subject to hydrolysis) is 1. The van der Waals surface area contributed by atoms with E-state index in [0.29, 0.717) is 25.8 Å². The molecule has 0 bridgehead atoms.